The molecular weight excluding hydrogens is 170 g/mol. The Balaban J connectivity index is 3.03. The van der Waals surface area contributed by atoms with Crippen molar-refractivity contribution in [3.05, 3.63) is 39.5 Å². The van der Waals surface area contributed by atoms with Gasteiger partial charge in [0.1, 0.15) is 5.52 Å². The molecule has 5 nitrogen and oxygen atoms in total. The third-order valence-corrected chi connectivity index (χ3v) is 1.85. The van der Waals surface area contributed by atoms with Gasteiger partial charge in [0, 0.05) is 6.07 Å². The summed E-state index contributed by atoms with van der Waals surface area (Å²) in [6.45, 7) is 1.80. The van der Waals surface area contributed by atoms with Crippen molar-refractivity contribution in [3.8, 4) is 0 Å². The Morgan fingerprint density at radius 3 is 3.08 bits per heavy atom. The lowest BCUT2D eigenvalue weighted by Crippen LogP contribution is -2.39. The zero-order valence-electron chi connectivity index (χ0n) is 6.94. The summed E-state index contributed by atoms with van der Waals surface area (Å²) in [5.41, 5.74) is 1.01. The van der Waals surface area contributed by atoms with E-state index in [1.54, 1.807) is 25.1 Å². The van der Waals surface area contributed by atoms with Gasteiger partial charge in [0.25, 0.3) is 5.52 Å². The quantitative estimate of drug-likeness (QED) is 0.449. The van der Waals surface area contributed by atoms with E-state index in [-0.39, 0.29) is 0 Å². The van der Waals surface area contributed by atoms with Crippen LogP contribution in [0.3, 0.4) is 0 Å². The molecule has 1 aromatic heterocycles. The highest BCUT2D eigenvalue weighted by atomic mass is 16.5. The monoisotopic (exact) mass is 177 g/mol. The molecule has 0 bridgehead atoms. The van der Waals surface area contributed by atoms with E-state index in [9.17, 15) is 10.0 Å². The van der Waals surface area contributed by atoms with Crippen molar-refractivity contribution in [1.82, 2.24) is 10.1 Å². The Morgan fingerprint density at radius 1 is 1.54 bits per heavy atom. The van der Waals surface area contributed by atoms with E-state index in [4.69, 9.17) is 0 Å². The average Bonchev–Trinajstić information content (AvgIpc) is 2.07. The summed E-state index contributed by atoms with van der Waals surface area (Å²) in [5.74, 6) is 0. The third-order valence-electron chi connectivity index (χ3n) is 1.85. The van der Waals surface area contributed by atoms with Crippen LogP contribution in [0.1, 0.15) is 5.56 Å². The van der Waals surface area contributed by atoms with E-state index in [1.807, 2.05) is 5.10 Å². The first-order valence-corrected chi connectivity index (χ1v) is 3.78. The first-order valence-electron chi connectivity index (χ1n) is 3.78. The minimum atomic E-state index is -0.628. The molecule has 0 spiro atoms. The van der Waals surface area contributed by atoms with Gasteiger partial charge >= 0.3 is 5.69 Å². The second-order valence-corrected chi connectivity index (χ2v) is 2.77. The van der Waals surface area contributed by atoms with Gasteiger partial charge in [-0.1, -0.05) is 22.1 Å². The number of aromatic amines is 1. The van der Waals surface area contributed by atoms with Crippen molar-refractivity contribution in [2.24, 2.45) is 0 Å². The fourth-order valence-corrected chi connectivity index (χ4v) is 1.23. The summed E-state index contributed by atoms with van der Waals surface area (Å²) in [6.07, 6.45) is 0. The lowest BCUT2D eigenvalue weighted by Gasteiger charge is -1.99. The predicted octanol–water partition coefficient (Wildman–Crippen LogP) is -0.135. The maximum absolute atomic E-state index is 11.2. The first-order chi connectivity index (χ1) is 6.18. The molecule has 0 fully saturated rings. The number of rotatable bonds is 0. The number of fused-ring (bicyclic) bond motifs is 1. The standard InChI is InChI=1S/C8H7N3O2/c1-5-3-2-4-6-7(5)9-8(12)10-11(6)13/h2-4H,1H3,(H,9,10,12). The summed E-state index contributed by atoms with van der Waals surface area (Å²) >= 11 is 0. The number of nitrogens with zero attached hydrogens (tertiary/aromatic N) is 2. The molecule has 0 saturated heterocycles. The number of H-pyrrole nitrogens is 1. The second kappa shape index (κ2) is 2.55. The highest BCUT2D eigenvalue weighted by molar-refractivity contribution is 5.74. The number of aromatic nitrogens is 3. The van der Waals surface area contributed by atoms with Crippen molar-refractivity contribution < 1.29 is 4.85 Å². The molecule has 13 heavy (non-hydrogen) atoms. The molecule has 1 N–H and O–H groups in total. The van der Waals surface area contributed by atoms with Gasteiger partial charge in [0.2, 0.25) is 0 Å². The molecule has 0 saturated carbocycles. The van der Waals surface area contributed by atoms with Crippen molar-refractivity contribution in [2.75, 3.05) is 0 Å². The second-order valence-electron chi connectivity index (χ2n) is 2.77. The molecule has 0 aliphatic heterocycles. The number of nitrogens with one attached hydrogen (secondary N) is 1. The van der Waals surface area contributed by atoms with Crippen LogP contribution in [-0.4, -0.2) is 10.1 Å². The molecule has 0 aliphatic carbocycles. The van der Waals surface area contributed by atoms with E-state index in [0.29, 0.717) is 15.9 Å². The number of para-hydroxylation sites is 1. The molecular formula is C8H7N3O2. The molecule has 1 heterocycles. The van der Waals surface area contributed by atoms with Gasteiger partial charge in [0.15, 0.2) is 0 Å². The lowest BCUT2D eigenvalue weighted by molar-refractivity contribution is -0.644. The molecule has 66 valence electrons. The average molecular weight is 177 g/mol. The zero-order valence-corrected chi connectivity index (χ0v) is 6.94. The van der Waals surface area contributed by atoms with Gasteiger partial charge in [-0.05, 0) is 12.5 Å². The van der Waals surface area contributed by atoms with Crippen molar-refractivity contribution in [1.29, 1.82) is 0 Å². The SMILES string of the molecule is Cc1cccc2c1nc(=O)[nH][n+]2[O-]. The van der Waals surface area contributed by atoms with Gasteiger partial charge in [-0.2, -0.15) is 4.98 Å². The number of benzene rings is 1. The van der Waals surface area contributed by atoms with Gasteiger partial charge in [-0.15, -0.1) is 0 Å². The van der Waals surface area contributed by atoms with Crippen LogP contribution in [0.15, 0.2) is 23.0 Å². The van der Waals surface area contributed by atoms with Gasteiger partial charge in [0.05, 0.1) is 0 Å². The fourth-order valence-electron chi connectivity index (χ4n) is 1.23. The van der Waals surface area contributed by atoms with E-state index >= 15 is 0 Å². The Labute approximate surface area is 73.2 Å². The summed E-state index contributed by atoms with van der Waals surface area (Å²) in [6, 6.07) is 5.15. The van der Waals surface area contributed by atoms with Crippen molar-refractivity contribution >= 4 is 11.0 Å². The van der Waals surface area contributed by atoms with Crippen LogP contribution in [0.2, 0.25) is 0 Å². The molecule has 0 unspecified atom stereocenters. The Hall–Kier alpha value is -1.91. The minimum absolute atomic E-state index is 0.375. The topological polar surface area (TPSA) is 72.7 Å². The molecule has 0 aliphatic rings. The molecule has 0 atom stereocenters. The summed E-state index contributed by atoms with van der Waals surface area (Å²) in [4.78, 5) is 15.0. The Morgan fingerprint density at radius 2 is 2.31 bits per heavy atom. The Bertz CT molecular complexity index is 518. The van der Waals surface area contributed by atoms with Gasteiger partial charge < -0.3 is 5.21 Å². The van der Waals surface area contributed by atoms with Crippen LogP contribution in [-0.2, 0) is 0 Å². The summed E-state index contributed by atoms with van der Waals surface area (Å²) in [7, 11) is 0. The van der Waals surface area contributed by atoms with E-state index in [0.717, 1.165) is 5.56 Å². The van der Waals surface area contributed by atoms with Crippen molar-refractivity contribution in [2.45, 2.75) is 6.92 Å². The van der Waals surface area contributed by atoms with E-state index in [2.05, 4.69) is 4.98 Å². The number of hydrogen-bond donors (Lipinski definition) is 1. The van der Waals surface area contributed by atoms with Gasteiger partial charge in [-0.3, -0.25) is 0 Å². The van der Waals surface area contributed by atoms with Crippen LogP contribution in [0.5, 0.6) is 0 Å². The number of hydrogen-bond acceptors (Lipinski definition) is 3. The molecule has 2 aromatic rings. The lowest BCUT2D eigenvalue weighted by atomic mass is 10.2. The highest BCUT2D eigenvalue weighted by Gasteiger charge is 2.07. The zero-order chi connectivity index (χ0) is 9.42. The summed E-state index contributed by atoms with van der Waals surface area (Å²) in [5, 5.41) is 13.2. The van der Waals surface area contributed by atoms with Crippen LogP contribution in [0.25, 0.3) is 11.0 Å². The minimum Gasteiger partial charge on any atom is -0.595 e. The van der Waals surface area contributed by atoms with Crippen molar-refractivity contribution in [3.63, 3.8) is 0 Å². The smallest absolute Gasteiger partial charge is 0.395 e. The third kappa shape index (κ3) is 1.14. The van der Waals surface area contributed by atoms with Gasteiger partial charge in [-0.25, -0.2) is 4.79 Å². The largest absolute Gasteiger partial charge is 0.595 e. The van der Waals surface area contributed by atoms with Crippen LogP contribution in [0.4, 0.5) is 0 Å². The van der Waals surface area contributed by atoms with E-state index in [1.165, 1.54) is 0 Å². The number of aryl methyl sites for hydroxylation is 1. The molecule has 2 rings (SSSR count). The van der Waals surface area contributed by atoms with Crippen LogP contribution >= 0.6 is 0 Å². The first kappa shape index (κ1) is 7.72. The maximum atomic E-state index is 11.2. The van der Waals surface area contributed by atoms with Crippen LogP contribution < -0.4 is 10.5 Å². The highest BCUT2D eigenvalue weighted by Crippen LogP contribution is 2.08. The molecule has 5 heteroatoms. The fraction of sp³-hybridized carbons (Fsp3) is 0.125. The molecule has 0 amide bonds. The molecule has 1 aromatic carbocycles. The molecule has 0 radical (unpaired) electrons. The van der Waals surface area contributed by atoms with E-state index < -0.39 is 5.69 Å². The van der Waals surface area contributed by atoms with Crippen LogP contribution in [0, 0.1) is 12.1 Å². The summed E-state index contributed by atoms with van der Waals surface area (Å²) < 4.78 is 0. The normalized spacial score (nSPS) is 10.5. The predicted molar refractivity (Wildman–Crippen MR) is 46.1 cm³/mol. The Kier molecular flexibility index (Phi) is 1.51. The maximum Gasteiger partial charge on any atom is 0.395 e.